The predicted octanol–water partition coefficient (Wildman–Crippen LogP) is 3.31. The van der Waals surface area contributed by atoms with Crippen molar-refractivity contribution in [1.82, 2.24) is 5.32 Å². The fourth-order valence-electron chi connectivity index (χ4n) is 2.30. The van der Waals surface area contributed by atoms with Crippen molar-refractivity contribution >= 4 is 17.6 Å². The zero-order valence-corrected chi connectivity index (χ0v) is 15.3. The summed E-state index contributed by atoms with van der Waals surface area (Å²) in [6, 6.07) is 16.2. The van der Waals surface area contributed by atoms with Crippen molar-refractivity contribution in [2.75, 3.05) is 11.9 Å². The number of aryl methyl sites for hydroxylation is 1. The van der Waals surface area contributed by atoms with Crippen LogP contribution in [-0.4, -0.2) is 18.5 Å². The number of esters is 1. The summed E-state index contributed by atoms with van der Waals surface area (Å²) < 4.78 is 4.93. The number of para-hydroxylation sites is 1. The highest BCUT2D eigenvalue weighted by atomic mass is 16.5. The van der Waals surface area contributed by atoms with Crippen LogP contribution in [0.3, 0.4) is 0 Å². The molecule has 138 valence electrons. The normalized spacial score (nSPS) is 10.6. The van der Waals surface area contributed by atoms with E-state index in [2.05, 4.69) is 10.6 Å². The molecule has 2 aromatic carbocycles. The molecule has 0 aliphatic heterocycles. The smallest absolute Gasteiger partial charge is 0.338 e. The number of carbonyl (C=O) groups is 2. The highest BCUT2D eigenvalue weighted by Crippen LogP contribution is 2.14. The van der Waals surface area contributed by atoms with Crippen LogP contribution in [0.15, 0.2) is 60.3 Å². The van der Waals surface area contributed by atoms with Gasteiger partial charge in [0.2, 0.25) is 0 Å². The molecule has 1 amide bonds. The number of anilines is 1. The van der Waals surface area contributed by atoms with Gasteiger partial charge >= 0.3 is 5.97 Å². The Kier molecular flexibility index (Phi) is 7.15. The monoisotopic (exact) mass is 363 g/mol. The van der Waals surface area contributed by atoms with Gasteiger partial charge in [-0.1, -0.05) is 30.3 Å². The Labute approximate surface area is 158 Å². The zero-order chi connectivity index (χ0) is 19.6. The first kappa shape index (κ1) is 19.7. The van der Waals surface area contributed by atoms with Crippen molar-refractivity contribution in [3.8, 4) is 6.07 Å². The van der Waals surface area contributed by atoms with Crippen LogP contribution in [0, 0.1) is 18.3 Å². The maximum absolute atomic E-state index is 12.2. The molecule has 0 bridgehead atoms. The van der Waals surface area contributed by atoms with Gasteiger partial charge in [0.15, 0.2) is 0 Å². The minimum absolute atomic E-state index is 0.0265. The van der Waals surface area contributed by atoms with E-state index in [0.29, 0.717) is 24.4 Å². The molecule has 0 saturated heterocycles. The van der Waals surface area contributed by atoms with E-state index in [4.69, 9.17) is 4.74 Å². The fourth-order valence-corrected chi connectivity index (χ4v) is 2.30. The summed E-state index contributed by atoms with van der Waals surface area (Å²) in [5, 5.41) is 14.9. The Hall–Kier alpha value is -3.59. The van der Waals surface area contributed by atoms with Crippen LogP contribution in [0.25, 0.3) is 0 Å². The number of hydrogen-bond donors (Lipinski definition) is 2. The van der Waals surface area contributed by atoms with Gasteiger partial charge in [-0.25, -0.2) is 4.79 Å². The highest BCUT2D eigenvalue weighted by molar-refractivity contribution is 6.06. The van der Waals surface area contributed by atoms with E-state index < -0.39 is 5.91 Å². The molecule has 2 aromatic rings. The van der Waals surface area contributed by atoms with Crippen LogP contribution >= 0.6 is 0 Å². The number of rotatable bonds is 7. The van der Waals surface area contributed by atoms with Crippen molar-refractivity contribution in [3.63, 3.8) is 0 Å². The third-order valence-electron chi connectivity index (χ3n) is 3.78. The van der Waals surface area contributed by atoms with E-state index in [1.54, 1.807) is 37.3 Å². The summed E-state index contributed by atoms with van der Waals surface area (Å²) in [5.74, 6) is -0.839. The van der Waals surface area contributed by atoms with E-state index in [9.17, 15) is 14.9 Å². The van der Waals surface area contributed by atoms with E-state index >= 15 is 0 Å². The molecule has 6 nitrogen and oxygen atoms in total. The molecule has 6 heteroatoms. The lowest BCUT2D eigenvalue weighted by Gasteiger charge is -2.08. The molecule has 2 rings (SSSR count). The quantitative estimate of drug-likeness (QED) is 0.447. The molecule has 0 aliphatic rings. The first-order valence-electron chi connectivity index (χ1n) is 8.51. The first-order valence-corrected chi connectivity index (χ1v) is 8.51. The molecule has 0 atom stereocenters. The average molecular weight is 363 g/mol. The van der Waals surface area contributed by atoms with E-state index in [1.165, 1.54) is 6.20 Å². The maximum atomic E-state index is 12.2. The SMILES string of the molecule is CCOC(=O)c1ccc(CN/C=C(/C#N)C(=O)Nc2ccccc2C)cc1. The third kappa shape index (κ3) is 5.72. The molecule has 0 fully saturated rings. The second-order valence-electron chi connectivity index (χ2n) is 5.74. The molecular weight excluding hydrogens is 342 g/mol. The number of carbonyl (C=O) groups excluding carboxylic acids is 2. The Morgan fingerprint density at radius 3 is 2.48 bits per heavy atom. The molecule has 0 spiro atoms. The molecule has 0 radical (unpaired) electrons. The Bertz CT molecular complexity index is 880. The topological polar surface area (TPSA) is 91.2 Å². The van der Waals surface area contributed by atoms with Crippen molar-refractivity contribution in [2.45, 2.75) is 20.4 Å². The number of nitriles is 1. The number of benzene rings is 2. The van der Waals surface area contributed by atoms with Gasteiger partial charge in [-0.3, -0.25) is 4.79 Å². The number of nitrogens with one attached hydrogen (secondary N) is 2. The van der Waals surface area contributed by atoms with Crippen molar-refractivity contribution < 1.29 is 14.3 Å². The second kappa shape index (κ2) is 9.78. The lowest BCUT2D eigenvalue weighted by atomic mass is 10.1. The van der Waals surface area contributed by atoms with Gasteiger partial charge < -0.3 is 15.4 Å². The maximum Gasteiger partial charge on any atom is 0.338 e. The molecule has 0 unspecified atom stereocenters. The fraction of sp³-hybridized carbons (Fsp3) is 0.190. The molecular formula is C21H21N3O3. The summed E-state index contributed by atoms with van der Waals surface area (Å²) in [6.45, 7) is 4.37. The molecule has 0 heterocycles. The van der Waals surface area contributed by atoms with Crippen molar-refractivity contribution in [2.24, 2.45) is 0 Å². The summed E-state index contributed by atoms with van der Waals surface area (Å²) in [4.78, 5) is 23.8. The van der Waals surface area contributed by atoms with Crippen LogP contribution in [0.2, 0.25) is 0 Å². The Morgan fingerprint density at radius 1 is 1.15 bits per heavy atom. The summed E-state index contributed by atoms with van der Waals surface area (Å²) in [6.07, 6.45) is 1.38. The summed E-state index contributed by atoms with van der Waals surface area (Å²) in [7, 11) is 0. The van der Waals surface area contributed by atoms with Gasteiger partial charge in [0, 0.05) is 18.4 Å². The number of nitrogens with zero attached hydrogens (tertiary/aromatic N) is 1. The Balaban J connectivity index is 1.95. The van der Waals surface area contributed by atoms with Crippen LogP contribution < -0.4 is 10.6 Å². The standard InChI is InChI=1S/C21H21N3O3/c1-3-27-21(26)17-10-8-16(9-11-17)13-23-14-18(12-22)20(25)24-19-7-5-4-6-15(19)2/h4-11,14,23H,3,13H2,1-2H3,(H,24,25)/b18-14-. The third-order valence-corrected chi connectivity index (χ3v) is 3.78. The van der Waals surface area contributed by atoms with Crippen LogP contribution in [0.4, 0.5) is 5.69 Å². The number of hydrogen-bond acceptors (Lipinski definition) is 5. The van der Waals surface area contributed by atoms with Gasteiger partial charge in [0.1, 0.15) is 11.6 Å². The minimum Gasteiger partial charge on any atom is -0.462 e. The van der Waals surface area contributed by atoms with E-state index in [0.717, 1.165) is 11.1 Å². The van der Waals surface area contributed by atoms with Crippen LogP contribution in [0.5, 0.6) is 0 Å². The zero-order valence-electron chi connectivity index (χ0n) is 15.3. The van der Waals surface area contributed by atoms with Crippen LogP contribution in [-0.2, 0) is 16.1 Å². The largest absolute Gasteiger partial charge is 0.462 e. The van der Waals surface area contributed by atoms with E-state index in [1.807, 2.05) is 31.2 Å². The van der Waals surface area contributed by atoms with Gasteiger partial charge in [0.25, 0.3) is 5.91 Å². The van der Waals surface area contributed by atoms with Crippen LogP contribution in [0.1, 0.15) is 28.4 Å². The minimum atomic E-state index is -0.475. The lowest BCUT2D eigenvalue weighted by Crippen LogP contribution is -2.17. The molecule has 2 N–H and O–H groups in total. The van der Waals surface area contributed by atoms with Crippen molar-refractivity contribution in [1.29, 1.82) is 5.26 Å². The van der Waals surface area contributed by atoms with Gasteiger partial charge in [0.05, 0.1) is 12.2 Å². The molecule has 0 aliphatic carbocycles. The lowest BCUT2D eigenvalue weighted by molar-refractivity contribution is -0.112. The van der Waals surface area contributed by atoms with Gasteiger partial charge in [-0.15, -0.1) is 0 Å². The molecule has 0 aromatic heterocycles. The first-order chi connectivity index (χ1) is 13.0. The molecule has 27 heavy (non-hydrogen) atoms. The summed E-state index contributed by atoms with van der Waals surface area (Å²) >= 11 is 0. The van der Waals surface area contributed by atoms with Gasteiger partial charge in [-0.05, 0) is 43.2 Å². The van der Waals surface area contributed by atoms with Crippen molar-refractivity contribution in [3.05, 3.63) is 77.0 Å². The van der Waals surface area contributed by atoms with Gasteiger partial charge in [-0.2, -0.15) is 5.26 Å². The predicted molar refractivity (Wildman–Crippen MR) is 103 cm³/mol. The highest BCUT2D eigenvalue weighted by Gasteiger charge is 2.10. The number of ether oxygens (including phenoxy) is 1. The summed E-state index contributed by atoms with van der Waals surface area (Å²) in [5.41, 5.74) is 2.93. The Morgan fingerprint density at radius 2 is 1.85 bits per heavy atom. The second-order valence-corrected chi connectivity index (χ2v) is 5.74. The van der Waals surface area contributed by atoms with E-state index in [-0.39, 0.29) is 11.5 Å². The number of amides is 1. The molecule has 0 saturated carbocycles. The average Bonchev–Trinajstić information content (AvgIpc) is 2.67.